The lowest BCUT2D eigenvalue weighted by Crippen LogP contribution is -2.36. The van der Waals surface area contributed by atoms with Gasteiger partial charge in [-0.1, -0.05) is 34.1 Å². The number of esters is 1. The maximum atomic E-state index is 11.5. The molecule has 1 N–H and O–H groups in total. The average molecular weight is 300 g/mol. The number of methoxy groups -OCH3 is 1. The van der Waals surface area contributed by atoms with Crippen molar-refractivity contribution in [3.8, 4) is 0 Å². The van der Waals surface area contributed by atoms with Gasteiger partial charge in [0.05, 0.1) is 12.5 Å². The molecule has 0 radical (unpaired) electrons. The van der Waals surface area contributed by atoms with Gasteiger partial charge in [-0.2, -0.15) is 0 Å². The first-order valence-corrected chi connectivity index (χ1v) is 6.29. The van der Waals surface area contributed by atoms with Crippen molar-refractivity contribution >= 4 is 21.9 Å². The van der Waals surface area contributed by atoms with Crippen molar-refractivity contribution in [2.75, 3.05) is 13.7 Å². The number of ether oxygens (including phenoxy) is 1. The molecule has 0 saturated carbocycles. The van der Waals surface area contributed by atoms with Crippen molar-refractivity contribution in [2.24, 2.45) is 5.41 Å². The van der Waals surface area contributed by atoms with E-state index in [0.717, 1.165) is 11.0 Å². The van der Waals surface area contributed by atoms with Gasteiger partial charge in [-0.25, -0.2) is 0 Å². The molecule has 1 rings (SSSR count). The molecule has 1 aromatic rings. The lowest BCUT2D eigenvalue weighted by Gasteiger charge is -2.22. The zero-order chi connectivity index (χ0) is 12.9. The van der Waals surface area contributed by atoms with Gasteiger partial charge in [0.15, 0.2) is 0 Å². The van der Waals surface area contributed by atoms with E-state index < -0.39 is 5.41 Å². The van der Waals surface area contributed by atoms with Gasteiger partial charge in [0, 0.05) is 17.6 Å². The third-order valence-electron chi connectivity index (χ3n) is 2.58. The lowest BCUT2D eigenvalue weighted by atomic mass is 9.94. The van der Waals surface area contributed by atoms with Crippen LogP contribution in [0.2, 0.25) is 0 Å². The van der Waals surface area contributed by atoms with Crippen LogP contribution in [0, 0.1) is 5.41 Å². The van der Waals surface area contributed by atoms with Crippen molar-refractivity contribution in [1.29, 1.82) is 0 Å². The van der Waals surface area contributed by atoms with Gasteiger partial charge in [0.25, 0.3) is 0 Å². The highest BCUT2D eigenvalue weighted by molar-refractivity contribution is 9.10. The number of rotatable bonds is 5. The van der Waals surface area contributed by atoms with Crippen molar-refractivity contribution in [1.82, 2.24) is 5.32 Å². The molecule has 0 heterocycles. The summed E-state index contributed by atoms with van der Waals surface area (Å²) in [5.74, 6) is -0.197. The fourth-order valence-electron chi connectivity index (χ4n) is 1.50. The molecule has 0 aromatic heterocycles. The highest BCUT2D eigenvalue weighted by atomic mass is 79.9. The van der Waals surface area contributed by atoms with Crippen molar-refractivity contribution in [2.45, 2.75) is 20.4 Å². The first-order chi connectivity index (χ1) is 7.97. The summed E-state index contributed by atoms with van der Waals surface area (Å²) in [5.41, 5.74) is 0.670. The highest BCUT2D eigenvalue weighted by Gasteiger charge is 2.27. The molecule has 0 bridgehead atoms. The Morgan fingerprint density at radius 1 is 1.41 bits per heavy atom. The molecule has 94 valence electrons. The van der Waals surface area contributed by atoms with Crippen LogP contribution >= 0.6 is 15.9 Å². The standard InChI is InChI=1S/C13H18BrNO2/c1-13(2,12(16)17-3)9-15-8-10-6-4-5-7-11(10)14/h4-7,15H,8-9H2,1-3H3. The molecule has 0 amide bonds. The summed E-state index contributed by atoms with van der Waals surface area (Å²) >= 11 is 3.49. The van der Waals surface area contributed by atoms with Crippen LogP contribution in [0.4, 0.5) is 0 Å². The number of nitrogens with one attached hydrogen (secondary N) is 1. The van der Waals surface area contributed by atoms with E-state index in [9.17, 15) is 4.79 Å². The Morgan fingerprint density at radius 2 is 2.06 bits per heavy atom. The smallest absolute Gasteiger partial charge is 0.312 e. The van der Waals surface area contributed by atoms with Crippen LogP contribution in [0.1, 0.15) is 19.4 Å². The number of benzene rings is 1. The minimum atomic E-state index is -0.504. The summed E-state index contributed by atoms with van der Waals surface area (Å²) < 4.78 is 5.83. The third-order valence-corrected chi connectivity index (χ3v) is 3.35. The van der Waals surface area contributed by atoms with Gasteiger partial charge in [0.2, 0.25) is 0 Å². The second-order valence-electron chi connectivity index (χ2n) is 4.57. The Hall–Kier alpha value is -0.870. The first kappa shape index (κ1) is 14.2. The highest BCUT2D eigenvalue weighted by Crippen LogP contribution is 2.18. The topological polar surface area (TPSA) is 38.3 Å². The van der Waals surface area contributed by atoms with E-state index in [1.165, 1.54) is 12.7 Å². The van der Waals surface area contributed by atoms with Crippen molar-refractivity contribution in [3.05, 3.63) is 34.3 Å². The maximum Gasteiger partial charge on any atom is 0.312 e. The van der Waals surface area contributed by atoms with Gasteiger partial charge in [-0.3, -0.25) is 4.79 Å². The molecule has 0 aliphatic heterocycles. The van der Waals surface area contributed by atoms with Crippen LogP contribution in [0.3, 0.4) is 0 Å². The van der Waals surface area contributed by atoms with E-state index in [4.69, 9.17) is 4.74 Å². The average Bonchev–Trinajstić information content (AvgIpc) is 2.30. The summed E-state index contributed by atoms with van der Waals surface area (Å²) in [6.07, 6.45) is 0. The van der Waals surface area contributed by atoms with Crippen LogP contribution in [-0.2, 0) is 16.1 Å². The van der Waals surface area contributed by atoms with Crippen molar-refractivity contribution in [3.63, 3.8) is 0 Å². The van der Waals surface area contributed by atoms with Crippen LogP contribution in [0.5, 0.6) is 0 Å². The minimum Gasteiger partial charge on any atom is -0.469 e. The number of halogens is 1. The second kappa shape index (κ2) is 6.17. The van der Waals surface area contributed by atoms with Gasteiger partial charge in [-0.05, 0) is 25.5 Å². The summed E-state index contributed by atoms with van der Waals surface area (Å²) in [4.78, 5) is 11.5. The predicted molar refractivity (Wildman–Crippen MR) is 71.6 cm³/mol. The predicted octanol–water partition coefficient (Wildman–Crippen LogP) is 2.74. The van der Waals surface area contributed by atoms with Gasteiger partial charge in [0.1, 0.15) is 0 Å². The van der Waals surface area contributed by atoms with E-state index >= 15 is 0 Å². The monoisotopic (exact) mass is 299 g/mol. The van der Waals surface area contributed by atoms with E-state index in [1.807, 2.05) is 38.1 Å². The fourth-order valence-corrected chi connectivity index (χ4v) is 1.92. The van der Waals surface area contributed by atoms with Crippen LogP contribution in [0.15, 0.2) is 28.7 Å². The Labute approximate surface area is 111 Å². The largest absolute Gasteiger partial charge is 0.469 e. The third kappa shape index (κ3) is 4.13. The molecule has 17 heavy (non-hydrogen) atoms. The SMILES string of the molecule is COC(=O)C(C)(C)CNCc1ccccc1Br. The zero-order valence-corrected chi connectivity index (χ0v) is 12.0. The molecule has 0 aliphatic carbocycles. The first-order valence-electron chi connectivity index (χ1n) is 5.50. The van der Waals surface area contributed by atoms with Crippen LogP contribution < -0.4 is 5.32 Å². The molecular formula is C13H18BrNO2. The summed E-state index contributed by atoms with van der Waals surface area (Å²) in [5, 5.41) is 3.27. The summed E-state index contributed by atoms with van der Waals surface area (Å²) in [6, 6.07) is 8.02. The molecular weight excluding hydrogens is 282 g/mol. The molecule has 1 aromatic carbocycles. The maximum absolute atomic E-state index is 11.5. The minimum absolute atomic E-state index is 0.197. The molecule has 0 spiro atoms. The van der Waals surface area contributed by atoms with E-state index in [2.05, 4.69) is 21.2 Å². The summed E-state index contributed by atoms with van der Waals surface area (Å²) in [7, 11) is 1.41. The molecule has 0 fully saturated rings. The molecule has 0 aliphatic rings. The van der Waals surface area contributed by atoms with Gasteiger partial charge >= 0.3 is 5.97 Å². The molecule has 0 atom stereocenters. The van der Waals surface area contributed by atoms with Gasteiger partial charge < -0.3 is 10.1 Å². The lowest BCUT2D eigenvalue weighted by molar-refractivity contribution is -0.150. The van der Waals surface area contributed by atoms with E-state index in [-0.39, 0.29) is 5.97 Å². The number of carbonyl (C=O) groups excluding carboxylic acids is 1. The second-order valence-corrected chi connectivity index (χ2v) is 5.42. The molecule has 0 unspecified atom stereocenters. The Kier molecular flexibility index (Phi) is 5.15. The van der Waals surface area contributed by atoms with E-state index in [1.54, 1.807) is 0 Å². The number of hydrogen-bond acceptors (Lipinski definition) is 3. The quantitative estimate of drug-likeness (QED) is 0.850. The van der Waals surface area contributed by atoms with E-state index in [0.29, 0.717) is 6.54 Å². The Balaban J connectivity index is 2.48. The summed E-state index contributed by atoms with van der Waals surface area (Å²) in [6.45, 7) is 5.04. The van der Waals surface area contributed by atoms with Crippen LogP contribution in [-0.4, -0.2) is 19.6 Å². The normalized spacial score (nSPS) is 11.3. The number of carbonyl (C=O) groups is 1. The van der Waals surface area contributed by atoms with Gasteiger partial charge in [-0.15, -0.1) is 0 Å². The van der Waals surface area contributed by atoms with Crippen molar-refractivity contribution < 1.29 is 9.53 Å². The Bertz CT molecular complexity index is 391. The van der Waals surface area contributed by atoms with Crippen LogP contribution in [0.25, 0.3) is 0 Å². The molecule has 3 nitrogen and oxygen atoms in total. The molecule has 4 heteroatoms. The molecule has 0 saturated heterocycles. The Morgan fingerprint density at radius 3 is 2.65 bits per heavy atom. The number of hydrogen-bond donors (Lipinski definition) is 1. The fraction of sp³-hybridized carbons (Fsp3) is 0.462. The zero-order valence-electron chi connectivity index (χ0n) is 10.4.